The maximum absolute atomic E-state index is 11.6. The van der Waals surface area contributed by atoms with Crippen molar-refractivity contribution in [2.45, 2.75) is 0 Å². The third-order valence-electron chi connectivity index (χ3n) is 0.574. The van der Waals surface area contributed by atoms with Gasteiger partial charge in [-0.15, -0.1) is 3.89 Å². The fourth-order valence-corrected chi connectivity index (χ4v) is 0.546. The average molecular weight is 161 g/mol. The highest BCUT2D eigenvalue weighted by molar-refractivity contribution is 7.89. The maximum atomic E-state index is 11.6. The van der Waals surface area contributed by atoms with Crippen molar-refractivity contribution >= 4 is 10.2 Å². The Morgan fingerprint density at radius 1 is 1.20 bits per heavy atom. The van der Waals surface area contributed by atoms with E-state index in [0.29, 0.717) is 5.41 Å². The van der Waals surface area contributed by atoms with Gasteiger partial charge in [0, 0.05) is 0 Å². The standard InChI is InChI=1S/C6H6FO2S/c1-2-3-4-5-6-10(7,8)9/h1-6H. The van der Waals surface area contributed by atoms with Crippen LogP contribution in [0.3, 0.4) is 0 Å². The lowest BCUT2D eigenvalue weighted by atomic mass is 10.5. The quantitative estimate of drug-likeness (QED) is 0.462. The van der Waals surface area contributed by atoms with Gasteiger partial charge in [0.1, 0.15) is 0 Å². The van der Waals surface area contributed by atoms with Crippen LogP contribution in [0.2, 0.25) is 0 Å². The van der Waals surface area contributed by atoms with Gasteiger partial charge in [0.2, 0.25) is 0 Å². The number of hydrogen-bond donors (Lipinski definition) is 0. The van der Waals surface area contributed by atoms with E-state index in [1.54, 1.807) is 0 Å². The molecule has 10 heavy (non-hydrogen) atoms. The minimum Gasteiger partial charge on any atom is -0.190 e. The monoisotopic (exact) mass is 161 g/mol. The van der Waals surface area contributed by atoms with E-state index in [2.05, 4.69) is 0 Å². The van der Waals surface area contributed by atoms with E-state index in [9.17, 15) is 12.3 Å². The number of rotatable bonds is 3. The largest absolute Gasteiger partial charge is 0.325 e. The van der Waals surface area contributed by atoms with Crippen molar-refractivity contribution < 1.29 is 12.3 Å². The second-order valence-electron chi connectivity index (χ2n) is 1.38. The molecule has 0 heterocycles. The zero-order valence-corrected chi connectivity index (χ0v) is 5.88. The molecule has 0 aromatic rings. The third kappa shape index (κ3) is 7.10. The summed E-state index contributed by atoms with van der Waals surface area (Å²) in [4.78, 5) is 0. The van der Waals surface area contributed by atoms with E-state index in [4.69, 9.17) is 6.58 Å². The summed E-state index contributed by atoms with van der Waals surface area (Å²) in [6.45, 7) is 4.89. The molecule has 0 atom stereocenters. The Balaban J connectivity index is 4.03. The summed E-state index contributed by atoms with van der Waals surface area (Å²) in [6, 6.07) is 0. The lowest BCUT2D eigenvalue weighted by molar-refractivity contribution is 0.563. The molecule has 55 valence electrons. The first kappa shape index (κ1) is 9.10. The maximum Gasteiger partial charge on any atom is 0.325 e. The van der Waals surface area contributed by atoms with Crippen LogP contribution in [0.5, 0.6) is 0 Å². The zero-order chi connectivity index (χ0) is 8.04. The molecule has 0 aliphatic heterocycles. The molecule has 0 unspecified atom stereocenters. The predicted molar refractivity (Wildman–Crippen MR) is 37.2 cm³/mol. The van der Waals surface area contributed by atoms with Gasteiger partial charge in [-0.1, -0.05) is 24.8 Å². The van der Waals surface area contributed by atoms with Crippen molar-refractivity contribution in [2.24, 2.45) is 0 Å². The van der Waals surface area contributed by atoms with Gasteiger partial charge in [0.05, 0.1) is 5.41 Å². The Kier molecular flexibility index (Phi) is 3.64. The van der Waals surface area contributed by atoms with Crippen molar-refractivity contribution in [2.75, 3.05) is 0 Å². The molecule has 0 saturated heterocycles. The summed E-state index contributed by atoms with van der Waals surface area (Å²) in [5.74, 6) is 0. The van der Waals surface area contributed by atoms with E-state index >= 15 is 0 Å². The number of allylic oxidation sites excluding steroid dienone is 4. The topological polar surface area (TPSA) is 34.1 Å². The van der Waals surface area contributed by atoms with Crippen LogP contribution in [0.1, 0.15) is 0 Å². The zero-order valence-electron chi connectivity index (χ0n) is 5.07. The fourth-order valence-electron chi connectivity index (χ4n) is 0.268. The first-order valence-corrected chi connectivity index (χ1v) is 3.84. The molecule has 0 amide bonds. The molecule has 0 aromatic carbocycles. The average Bonchev–Trinajstić information content (AvgIpc) is 1.78. The Morgan fingerprint density at radius 2 is 1.80 bits per heavy atom. The lowest BCUT2D eigenvalue weighted by Gasteiger charge is -1.75. The van der Waals surface area contributed by atoms with Crippen molar-refractivity contribution in [3.63, 3.8) is 0 Å². The normalized spacial score (nSPS) is 12.9. The van der Waals surface area contributed by atoms with Crippen LogP contribution in [-0.4, -0.2) is 8.42 Å². The van der Waals surface area contributed by atoms with Crippen molar-refractivity contribution in [1.82, 2.24) is 0 Å². The first-order valence-electron chi connectivity index (χ1n) is 2.39. The smallest absolute Gasteiger partial charge is 0.190 e. The van der Waals surface area contributed by atoms with Gasteiger partial charge in [-0.2, -0.15) is 8.42 Å². The molecule has 1 radical (unpaired) electrons. The van der Waals surface area contributed by atoms with Crippen LogP contribution in [0.25, 0.3) is 0 Å². The highest BCUT2D eigenvalue weighted by Crippen LogP contribution is 1.92. The highest BCUT2D eigenvalue weighted by Gasteiger charge is 1.94. The van der Waals surface area contributed by atoms with Crippen molar-refractivity contribution in [3.05, 3.63) is 36.3 Å². The fraction of sp³-hybridized carbons (Fsp3) is 0. The molecule has 0 saturated carbocycles. The van der Waals surface area contributed by atoms with Gasteiger partial charge < -0.3 is 0 Å². The predicted octanol–water partition coefficient (Wildman–Crippen LogP) is 1.34. The minimum absolute atomic E-state index is 0.438. The van der Waals surface area contributed by atoms with Gasteiger partial charge in [0.15, 0.2) is 0 Å². The van der Waals surface area contributed by atoms with Gasteiger partial charge in [-0.3, -0.25) is 0 Å². The van der Waals surface area contributed by atoms with E-state index in [0.717, 1.165) is 6.08 Å². The summed E-state index contributed by atoms with van der Waals surface area (Å²) in [5, 5.41) is 0.438. The van der Waals surface area contributed by atoms with Gasteiger partial charge in [-0.25, -0.2) is 0 Å². The Labute approximate surface area is 59.6 Å². The molecular formula is C6H6FO2S. The molecule has 0 spiro atoms. The van der Waals surface area contributed by atoms with Crippen LogP contribution in [0.4, 0.5) is 3.89 Å². The van der Waals surface area contributed by atoms with Crippen LogP contribution in [0.15, 0.2) is 29.7 Å². The van der Waals surface area contributed by atoms with E-state index < -0.39 is 10.2 Å². The lowest BCUT2D eigenvalue weighted by Crippen LogP contribution is -1.78. The van der Waals surface area contributed by atoms with Crippen LogP contribution < -0.4 is 0 Å². The second kappa shape index (κ2) is 4.00. The molecule has 0 aliphatic rings. The summed E-state index contributed by atoms with van der Waals surface area (Å²) < 4.78 is 31.2. The summed E-state index contributed by atoms with van der Waals surface area (Å²) in [6.07, 6.45) is 4.92. The molecular weight excluding hydrogens is 155 g/mol. The van der Waals surface area contributed by atoms with Gasteiger partial charge in [-0.05, 0) is 6.08 Å². The van der Waals surface area contributed by atoms with Crippen LogP contribution in [0, 0.1) is 6.58 Å². The summed E-state index contributed by atoms with van der Waals surface area (Å²) in [5.41, 5.74) is 0. The van der Waals surface area contributed by atoms with Crippen LogP contribution >= 0.6 is 0 Å². The van der Waals surface area contributed by atoms with Gasteiger partial charge in [0.25, 0.3) is 0 Å². The minimum atomic E-state index is -4.49. The van der Waals surface area contributed by atoms with Crippen molar-refractivity contribution in [1.29, 1.82) is 0 Å². The third-order valence-corrected chi connectivity index (χ3v) is 1.06. The Morgan fingerprint density at radius 3 is 2.20 bits per heavy atom. The van der Waals surface area contributed by atoms with Crippen molar-refractivity contribution in [3.8, 4) is 0 Å². The molecule has 4 heteroatoms. The SMILES string of the molecule is [CH]=CC=CC=CS(=O)(=O)F. The van der Waals surface area contributed by atoms with E-state index in [-0.39, 0.29) is 0 Å². The van der Waals surface area contributed by atoms with Crippen LogP contribution in [-0.2, 0) is 10.2 Å². The summed E-state index contributed by atoms with van der Waals surface area (Å²) in [7, 11) is -4.49. The first-order chi connectivity index (χ1) is 4.56. The Bertz CT molecular complexity index is 249. The second-order valence-corrected chi connectivity index (χ2v) is 2.60. The molecule has 0 aliphatic carbocycles. The molecule has 0 rings (SSSR count). The molecule has 0 fully saturated rings. The summed E-state index contributed by atoms with van der Waals surface area (Å²) >= 11 is 0. The Hall–Kier alpha value is -0.900. The van der Waals surface area contributed by atoms with E-state index in [1.807, 2.05) is 0 Å². The van der Waals surface area contributed by atoms with Gasteiger partial charge >= 0.3 is 10.2 Å². The number of hydrogen-bond acceptors (Lipinski definition) is 2. The number of halogens is 1. The molecule has 0 N–H and O–H groups in total. The molecule has 2 nitrogen and oxygen atoms in total. The van der Waals surface area contributed by atoms with E-state index in [1.165, 1.54) is 18.2 Å². The molecule has 0 aromatic heterocycles. The molecule has 0 bridgehead atoms. The highest BCUT2D eigenvalue weighted by atomic mass is 32.3.